The molecule has 0 aliphatic rings. The average molecular weight is 308 g/mol. The quantitative estimate of drug-likeness (QED) is 0.565. The Morgan fingerprint density at radius 3 is 2.61 bits per heavy atom. The molecule has 0 saturated heterocycles. The van der Waals surface area contributed by atoms with Crippen LogP contribution in [-0.2, 0) is 6.42 Å². The number of hydrogen-bond acceptors (Lipinski definition) is 2. The van der Waals surface area contributed by atoms with Crippen LogP contribution in [0, 0.1) is 0 Å². The Kier molecular flexibility index (Phi) is 4.96. The molecular weight excluding hydrogens is 284 g/mol. The van der Waals surface area contributed by atoms with E-state index in [1.165, 1.54) is 37.7 Å². The van der Waals surface area contributed by atoms with Crippen LogP contribution >= 0.6 is 0 Å². The summed E-state index contributed by atoms with van der Waals surface area (Å²) < 4.78 is 7.38. The van der Waals surface area contributed by atoms with E-state index in [9.17, 15) is 0 Å². The highest BCUT2D eigenvalue weighted by Gasteiger charge is 2.08. The topological polar surface area (TPSA) is 26.5 Å². The van der Waals surface area contributed by atoms with Gasteiger partial charge in [0.15, 0.2) is 11.4 Å². The van der Waals surface area contributed by atoms with E-state index in [4.69, 9.17) is 9.72 Å². The van der Waals surface area contributed by atoms with E-state index >= 15 is 0 Å². The summed E-state index contributed by atoms with van der Waals surface area (Å²) in [6.45, 7) is 2.25. The summed E-state index contributed by atoms with van der Waals surface area (Å²) in [7, 11) is 1.68. The Balaban J connectivity index is 1.77. The second kappa shape index (κ2) is 7.32. The number of rotatable bonds is 7. The van der Waals surface area contributed by atoms with Crippen molar-refractivity contribution in [2.45, 2.75) is 39.0 Å². The van der Waals surface area contributed by atoms with Crippen molar-refractivity contribution in [2.24, 2.45) is 0 Å². The molecule has 3 aromatic rings. The molecule has 0 saturated carbocycles. The second-order valence-corrected chi connectivity index (χ2v) is 5.94. The van der Waals surface area contributed by atoms with Gasteiger partial charge in [0.2, 0.25) is 0 Å². The highest BCUT2D eigenvalue weighted by atomic mass is 16.5. The lowest BCUT2D eigenvalue weighted by Crippen LogP contribution is -1.88. The number of pyridine rings is 1. The predicted molar refractivity (Wildman–Crippen MR) is 95.0 cm³/mol. The average Bonchev–Trinajstić information content (AvgIpc) is 3.03. The Morgan fingerprint density at radius 1 is 1.04 bits per heavy atom. The number of aromatic nitrogens is 2. The number of methoxy groups -OCH3 is 1. The van der Waals surface area contributed by atoms with Crippen LogP contribution in [-0.4, -0.2) is 16.5 Å². The van der Waals surface area contributed by atoms with Gasteiger partial charge in [0.25, 0.3) is 0 Å². The van der Waals surface area contributed by atoms with E-state index in [0.717, 1.165) is 22.7 Å². The van der Waals surface area contributed by atoms with Gasteiger partial charge < -0.3 is 9.14 Å². The van der Waals surface area contributed by atoms with Crippen LogP contribution in [0.15, 0.2) is 48.8 Å². The molecule has 3 rings (SSSR count). The van der Waals surface area contributed by atoms with Crippen LogP contribution < -0.4 is 4.74 Å². The van der Waals surface area contributed by atoms with Crippen molar-refractivity contribution < 1.29 is 4.74 Å². The lowest BCUT2D eigenvalue weighted by atomic mass is 10.0. The first-order valence-corrected chi connectivity index (χ1v) is 8.43. The van der Waals surface area contributed by atoms with Crippen molar-refractivity contribution in [2.75, 3.05) is 7.11 Å². The molecule has 1 aromatic carbocycles. The van der Waals surface area contributed by atoms with Gasteiger partial charge in [0.1, 0.15) is 0 Å². The van der Waals surface area contributed by atoms with Crippen molar-refractivity contribution in [1.82, 2.24) is 9.38 Å². The smallest absolute Gasteiger partial charge is 0.180 e. The summed E-state index contributed by atoms with van der Waals surface area (Å²) in [5, 5.41) is 0. The molecule has 0 unspecified atom stereocenters. The SMILES string of the molecule is CCCCCCc1ccc(-c2cn3cccc(OC)c3n2)cc1. The molecule has 2 heterocycles. The van der Waals surface area contributed by atoms with Gasteiger partial charge in [-0.2, -0.15) is 0 Å². The lowest BCUT2D eigenvalue weighted by Gasteiger charge is -2.02. The molecule has 2 aromatic heterocycles. The Morgan fingerprint density at radius 2 is 1.87 bits per heavy atom. The molecular formula is C20H24N2O. The maximum Gasteiger partial charge on any atom is 0.180 e. The van der Waals surface area contributed by atoms with E-state index in [1.807, 2.05) is 28.9 Å². The molecule has 120 valence electrons. The minimum Gasteiger partial charge on any atom is -0.493 e. The Hall–Kier alpha value is -2.29. The summed E-state index contributed by atoms with van der Waals surface area (Å²) >= 11 is 0. The summed E-state index contributed by atoms with van der Waals surface area (Å²) in [4.78, 5) is 4.71. The molecule has 3 nitrogen and oxygen atoms in total. The van der Waals surface area contributed by atoms with Crippen molar-refractivity contribution in [3.05, 3.63) is 54.4 Å². The zero-order chi connectivity index (χ0) is 16.1. The number of nitrogens with zero attached hydrogens (tertiary/aromatic N) is 2. The third kappa shape index (κ3) is 3.55. The largest absolute Gasteiger partial charge is 0.493 e. The van der Waals surface area contributed by atoms with Crippen LogP contribution in [0.25, 0.3) is 16.9 Å². The van der Waals surface area contributed by atoms with Crippen LogP contribution in [0.3, 0.4) is 0 Å². The van der Waals surface area contributed by atoms with E-state index in [-0.39, 0.29) is 0 Å². The van der Waals surface area contributed by atoms with Crippen molar-refractivity contribution in [3.8, 4) is 17.0 Å². The summed E-state index contributed by atoms with van der Waals surface area (Å²) in [5.74, 6) is 0.797. The molecule has 0 aliphatic carbocycles. The van der Waals surface area contributed by atoms with Gasteiger partial charge in [-0.3, -0.25) is 0 Å². The second-order valence-electron chi connectivity index (χ2n) is 5.94. The normalized spacial score (nSPS) is 11.0. The van der Waals surface area contributed by atoms with Crippen LogP contribution in [0.5, 0.6) is 5.75 Å². The number of unbranched alkanes of at least 4 members (excludes halogenated alkanes) is 3. The standard InChI is InChI=1S/C20H24N2O/c1-3-4-5-6-8-16-10-12-17(13-11-16)18-15-22-14-7-9-19(23-2)20(22)21-18/h7,9-15H,3-6,8H2,1-2H3. The third-order valence-electron chi connectivity index (χ3n) is 4.24. The maximum absolute atomic E-state index is 5.38. The van der Waals surface area contributed by atoms with Gasteiger partial charge in [0, 0.05) is 18.0 Å². The van der Waals surface area contributed by atoms with Gasteiger partial charge in [-0.1, -0.05) is 50.5 Å². The van der Waals surface area contributed by atoms with E-state index in [1.54, 1.807) is 7.11 Å². The fourth-order valence-corrected chi connectivity index (χ4v) is 2.88. The zero-order valence-electron chi connectivity index (χ0n) is 14.0. The summed E-state index contributed by atoms with van der Waals surface area (Å²) in [6.07, 6.45) is 10.4. The van der Waals surface area contributed by atoms with E-state index in [2.05, 4.69) is 31.2 Å². The first-order chi connectivity index (χ1) is 11.3. The van der Waals surface area contributed by atoms with Crippen LogP contribution in [0.1, 0.15) is 38.2 Å². The van der Waals surface area contributed by atoms with Crippen molar-refractivity contribution >= 4 is 5.65 Å². The minimum absolute atomic E-state index is 0.797. The molecule has 0 N–H and O–H groups in total. The molecule has 23 heavy (non-hydrogen) atoms. The van der Waals surface area contributed by atoms with Gasteiger partial charge in [-0.25, -0.2) is 4.98 Å². The van der Waals surface area contributed by atoms with Crippen molar-refractivity contribution in [1.29, 1.82) is 0 Å². The number of fused-ring (bicyclic) bond motifs is 1. The lowest BCUT2D eigenvalue weighted by molar-refractivity contribution is 0.417. The van der Waals surface area contributed by atoms with E-state index < -0.39 is 0 Å². The fourth-order valence-electron chi connectivity index (χ4n) is 2.88. The minimum atomic E-state index is 0.797. The highest BCUT2D eigenvalue weighted by Crippen LogP contribution is 2.24. The Labute approximate surface area is 137 Å². The van der Waals surface area contributed by atoms with Gasteiger partial charge in [-0.15, -0.1) is 0 Å². The molecule has 0 atom stereocenters. The third-order valence-corrected chi connectivity index (χ3v) is 4.24. The van der Waals surface area contributed by atoms with Gasteiger partial charge >= 0.3 is 0 Å². The first kappa shape index (κ1) is 15.6. The molecule has 0 amide bonds. The molecule has 0 aliphatic heterocycles. The zero-order valence-corrected chi connectivity index (χ0v) is 14.0. The molecule has 0 radical (unpaired) electrons. The van der Waals surface area contributed by atoms with Crippen LogP contribution in [0.4, 0.5) is 0 Å². The predicted octanol–water partition coefficient (Wildman–Crippen LogP) is 5.13. The van der Waals surface area contributed by atoms with E-state index in [0.29, 0.717) is 0 Å². The monoisotopic (exact) mass is 308 g/mol. The molecule has 3 heteroatoms. The number of benzene rings is 1. The highest BCUT2D eigenvalue weighted by molar-refractivity contribution is 5.66. The molecule has 0 bridgehead atoms. The number of hydrogen-bond donors (Lipinski definition) is 0. The fraction of sp³-hybridized carbons (Fsp3) is 0.350. The molecule has 0 spiro atoms. The number of aryl methyl sites for hydroxylation is 1. The Bertz CT molecular complexity index is 759. The summed E-state index contributed by atoms with van der Waals surface area (Å²) in [5.41, 5.74) is 4.39. The molecule has 0 fully saturated rings. The van der Waals surface area contributed by atoms with Crippen molar-refractivity contribution in [3.63, 3.8) is 0 Å². The summed E-state index contributed by atoms with van der Waals surface area (Å²) in [6, 6.07) is 12.7. The number of imidazole rings is 1. The van der Waals surface area contributed by atoms with Crippen LogP contribution in [0.2, 0.25) is 0 Å². The number of ether oxygens (including phenoxy) is 1. The first-order valence-electron chi connectivity index (χ1n) is 8.43. The van der Waals surface area contributed by atoms with Gasteiger partial charge in [-0.05, 0) is 30.5 Å². The van der Waals surface area contributed by atoms with Gasteiger partial charge in [0.05, 0.1) is 12.8 Å². The maximum atomic E-state index is 5.38.